The maximum Gasteiger partial charge on any atom is 0.368 e. The van der Waals surface area contributed by atoms with Gasteiger partial charge in [0.1, 0.15) is 14.5 Å². The highest BCUT2D eigenvalue weighted by atomic mass is 28.4. The summed E-state index contributed by atoms with van der Waals surface area (Å²) >= 11 is 0. The van der Waals surface area contributed by atoms with E-state index in [4.69, 9.17) is 24.7 Å². The molecule has 5 nitrogen and oxygen atoms in total. The van der Waals surface area contributed by atoms with Crippen molar-refractivity contribution in [1.82, 2.24) is 0 Å². The highest BCUT2D eigenvalue weighted by Crippen LogP contribution is 2.37. The van der Waals surface area contributed by atoms with E-state index in [1.807, 2.05) is 0 Å². The van der Waals surface area contributed by atoms with Gasteiger partial charge in [0, 0.05) is 19.8 Å². The third kappa shape index (κ3) is 4.85. The van der Waals surface area contributed by atoms with Crippen molar-refractivity contribution in [3.05, 3.63) is 0 Å². The van der Waals surface area contributed by atoms with E-state index in [0.29, 0.717) is 6.54 Å². The normalized spacial score (nSPS) is 24.0. The van der Waals surface area contributed by atoms with Gasteiger partial charge in [-0.25, -0.2) is 0 Å². The maximum absolute atomic E-state index is 6.41. The molecule has 0 aromatic heterocycles. The summed E-state index contributed by atoms with van der Waals surface area (Å²) in [4.78, 5) is -0.259. The quantitative estimate of drug-likeness (QED) is 0.553. The molecule has 0 radical (unpaired) electrons. The third-order valence-electron chi connectivity index (χ3n) is 4.17. The van der Waals surface area contributed by atoms with Gasteiger partial charge >= 0.3 is 8.56 Å². The van der Waals surface area contributed by atoms with Crippen LogP contribution in [0.3, 0.4) is 0 Å². The van der Waals surface area contributed by atoms with Crippen molar-refractivity contribution in [1.29, 1.82) is 0 Å². The van der Waals surface area contributed by atoms with Crippen molar-refractivity contribution in [2.24, 2.45) is 11.1 Å². The van der Waals surface area contributed by atoms with Crippen LogP contribution in [0.15, 0.2) is 0 Å². The summed E-state index contributed by atoms with van der Waals surface area (Å²) in [5.74, 6) is 0. The topological polar surface area (TPSA) is 79.7 Å². The lowest BCUT2D eigenvalue weighted by Gasteiger charge is -2.48. The van der Waals surface area contributed by atoms with Crippen LogP contribution in [0.25, 0.3) is 0 Å². The van der Waals surface area contributed by atoms with E-state index in [-0.39, 0.29) is 4.85 Å². The van der Waals surface area contributed by atoms with Gasteiger partial charge in [0.25, 0.3) is 0 Å². The molecule has 1 heterocycles. The van der Waals surface area contributed by atoms with E-state index in [1.54, 1.807) is 0 Å². The molecule has 1 fully saturated rings. The highest BCUT2D eigenvalue weighted by Gasteiger charge is 2.58. The second kappa shape index (κ2) is 10.1. The Balaban J connectivity index is 3.01. The first-order valence-electron chi connectivity index (χ1n) is 8.52. The largest absolute Gasteiger partial charge is 0.393 e. The Morgan fingerprint density at radius 2 is 1.86 bits per heavy atom. The smallest absolute Gasteiger partial charge is 0.368 e. The van der Waals surface area contributed by atoms with Crippen molar-refractivity contribution in [2.45, 2.75) is 63.3 Å². The molecule has 1 unspecified atom stereocenters. The van der Waals surface area contributed by atoms with E-state index in [0.717, 1.165) is 58.0 Å². The van der Waals surface area contributed by atoms with Crippen molar-refractivity contribution >= 4 is 18.2 Å². The third-order valence-corrected chi connectivity index (χ3v) is 11.7. The molecule has 126 valence electrons. The van der Waals surface area contributed by atoms with E-state index in [2.05, 4.69) is 13.8 Å². The molecule has 1 aliphatic rings. The van der Waals surface area contributed by atoms with Crippen LogP contribution < -0.4 is 11.1 Å². The van der Waals surface area contributed by atoms with Gasteiger partial charge in [-0.05, 0) is 51.1 Å². The van der Waals surface area contributed by atoms with Gasteiger partial charge < -0.3 is 24.7 Å². The minimum Gasteiger partial charge on any atom is -0.393 e. The van der Waals surface area contributed by atoms with Crippen LogP contribution in [0.2, 0.25) is 6.04 Å². The molecule has 1 saturated heterocycles. The number of ether oxygens (including phenoxy) is 1. The number of hydrogen-bond acceptors (Lipinski definition) is 5. The average molecular weight is 335 g/mol. The first-order chi connectivity index (χ1) is 10.2. The summed E-state index contributed by atoms with van der Waals surface area (Å²) in [6, 6.07) is 0.910. The van der Waals surface area contributed by atoms with Crippen molar-refractivity contribution in [2.75, 3.05) is 26.4 Å². The molecule has 0 aromatic carbocycles. The van der Waals surface area contributed by atoms with Crippen LogP contribution in [-0.2, 0) is 13.6 Å². The van der Waals surface area contributed by atoms with Crippen LogP contribution in [0, 0.1) is 0 Å². The predicted octanol–water partition coefficient (Wildman–Crippen LogP) is 1.11. The molecule has 0 aromatic rings. The van der Waals surface area contributed by atoms with Gasteiger partial charge in [-0.3, -0.25) is 0 Å². The standard InChI is InChI=1S/C14H34N2O3Si2/c1-3-10-18-21(13-7-9-15,19-11-4-2)14(20-16)8-5-6-12-17-14/h3-13,15-16,20H2,1-2H3. The number of nitrogens with two attached hydrogens (primary N) is 2. The number of rotatable bonds is 11. The summed E-state index contributed by atoms with van der Waals surface area (Å²) in [6.07, 6.45) is 6.23. The van der Waals surface area contributed by atoms with Gasteiger partial charge in [-0.1, -0.05) is 13.8 Å². The molecule has 0 saturated carbocycles. The summed E-state index contributed by atoms with van der Waals surface area (Å²) < 4.78 is 19.1. The minimum absolute atomic E-state index is 0.259. The molecule has 1 rings (SSSR count). The van der Waals surface area contributed by atoms with Gasteiger partial charge in [0.2, 0.25) is 0 Å². The van der Waals surface area contributed by atoms with E-state index in [1.165, 1.54) is 6.42 Å². The SMILES string of the molecule is CCCO[Si](CCCN)(OCCC)C1([SiH2]N)CCCCO1. The first-order valence-corrected chi connectivity index (χ1v) is 12.1. The van der Waals surface area contributed by atoms with Crippen LogP contribution in [0.5, 0.6) is 0 Å². The predicted molar refractivity (Wildman–Crippen MR) is 92.0 cm³/mol. The Kier molecular flexibility index (Phi) is 9.27. The zero-order valence-corrected chi connectivity index (χ0v) is 16.3. The molecule has 1 atom stereocenters. The molecule has 1 aliphatic heterocycles. The Morgan fingerprint density at radius 3 is 2.29 bits per heavy atom. The molecule has 4 N–H and O–H groups in total. The zero-order valence-electron chi connectivity index (χ0n) is 13.9. The monoisotopic (exact) mass is 334 g/mol. The first kappa shape index (κ1) is 19.3. The summed E-state index contributed by atoms with van der Waals surface area (Å²) in [5.41, 5.74) is 5.76. The Bertz CT molecular complexity index is 255. The molecular formula is C14H34N2O3Si2. The van der Waals surface area contributed by atoms with Crippen molar-refractivity contribution in [3.63, 3.8) is 0 Å². The van der Waals surface area contributed by atoms with E-state index < -0.39 is 18.2 Å². The minimum atomic E-state index is -2.47. The lowest BCUT2D eigenvalue weighted by molar-refractivity contribution is -0.0145. The maximum atomic E-state index is 6.41. The fraction of sp³-hybridized carbons (Fsp3) is 1.00. The van der Waals surface area contributed by atoms with E-state index >= 15 is 0 Å². The van der Waals surface area contributed by atoms with Crippen molar-refractivity contribution in [3.8, 4) is 0 Å². The van der Waals surface area contributed by atoms with Crippen LogP contribution in [0.1, 0.15) is 52.4 Å². The lowest BCUT2D eigenvalue weighted by Crippen LogP contribution is -2.70. The molecule has 0 spiro atoms. The van der Waals surface area contributed by atoms with Crippen LogP contribution in [-0.4, -0.2) is 49.5 Å². The molecule has 0 amide bonds. The van der Waals surface area contributed by atoms with Crippen LogP contribution >= 0.6 is 0 Å². The lowest BCUT2D eigenvalue weighted by atomic mass is 10.2. The molecule has 21 heavy (non-hydrogen) atoms. The Labute approximate surface area is 133 Å². The summed E-state index contributed by atoms with van der Waals surface area (Å²) in [5, 5.41) is 6.30. The summed E-state index contributed by atoms with van der Waals surface area (Å²) in [6.45, 7) is 7.21. The fourth-order valence-corrected chi connectivity index (χ4v) is 10.1. The van der Waals surface area contributed by atoms with Gasteiger partial charge in [0.15, 0.2) is 0 Å². The fourth-order valence-electron chi connectivity index (χ4n) is 3.01. The Morgan fingerprint density at radius 1 is 1.19 bits per heavy atom. The van der Waals surface area contributed by atoms with Crippen molar-refractivity contribution < 1.29 is 13.6 Å². The Hall–Kier alpha value is 0.234. The molecule has 0 aliphatic carbocycles. The van der Waals surface area contributed by atoms with Gasteiger partial charge in [-0.15, -0.1) is 0 Å². The highest BCUT2D eigenvalue weighted by molar-refractivity contribution is 6.80. The summed E-state index contributed by atoms with van der Waals surface area (Å²) in [7, 11) is -3.35. The van der Waals surface area contributed by atoms with Gasteiger partial charge in [-0.2, -0.15) is 0 Å². The van der Waals surface area contributed by atoms with Gasteiger partial charge in [0.05, 0.1) is 0 Å². The van der Waals surface area contributed by atoms with E-state index in [9.17, 15) is 0 Å². The molecular weight excluding hydrogens is 300 g/mol. The second-order valence-electron chi connectivity index (χ2n) is 5.85. The molecule has 7 heteroatoms. The zero-order chi connectivity index (χ0) is 15.6. The number of hydrogen-bond donors (Lipinski definition) is 2. The van der Waals surface area contributed by atoms with Crippen LogP contribution in [0.4, 0.5) is 0 Å². The second-order valence-corrected chi connectivity index (χ2v) is 11.6. The average Bonchev–Trinajstić information content (AvgIpc) is 2.55. The molecule has 0 bridgehead atoms.